The van der Waals surface area contributed by atoms with Gasteiger partial charge in [0.1, 0.15) is 0 Å². The van der Waals surface area contributed by atoms with Crippen LogP contribution in [0.2, 0.25) is 0 Å². The van der Waals surface area contributed by atoms with Crippen molar-refractivity contribution in [2.75, 3.05) is 5.32 Å². The molecule has 1 aliphatic rings. The first-order valence-corrected chi connectivity index (χ1v) is 5.13. The van der Waals surface area contributed by atoms with E-state index in [0.29, 0.717) is 11.6 Å². The van der Waals surface area contributed by atoms with Crippen molar-refractivity contribution in [1.29, 1.82) is 0 Å². The fourth-order valence-electron chi connectivity index (χ4n) is 1.59. The number of carbonyl (C=O) groups excluding carboxylic acids is 1. The van der Waals surface area contributed by atoms with Crippen molar-refractivity contribution in [2.24, 2.45) is 11.8 Å². The third-order valence-electron chi connectivity index (χ3n) is 2.79. The van der Waals surface area contributed by atoms with Crippen molar-refractivity contribution < 1.29 is 9.72 Å². The molecule has 2 rings (SSSR count). The molecule has 0 aromatic heterocycles. The summed E-state index contributed by atoms with van der Waals surface area (Å²) in [5.41, 5.74) is 0.632. The minimum absolute atomic E-state index is 0.00125. The second-order valence-electron chi connectivity index (χ2n) is 4.11. The van der Waals surface area contributed by atoms with E-state index >= 15 is 0 Å². The molecule has 0 heterocycles. The Balaban J connectivity index is 2.00. The van der Waals surface area contributed by atoms with Crippen LogP contribution in [-0.2, 0) is 4.79 Å². The summed E-state index contributed by atoms with van der Waals surface area (Å²) >= 11 is 0. The third-order valence-corrected chi connectivity index (χ3v) is 2.79. The van der Waals surface area contributed by atoms with Crippen LogP contribution < -0.4 is 5.32 Å². The van der Waals surface area contributed by atoms with E-state index in [0.717, 1.165) is 6.42 Å². The predicted octanol–water partition coefficient (Wildman–Crippen LogP) is 2.19. The average Bonchev–Trinajstić information content (AvgIpc) is 2.96. The Labute approximate surface area is 92.6 Å². The monoisotopic (exact) mass is 220 g/mol. The molecular formula is C11H12N2O3. The molecule has 0 aliphatic heterocycles. The number of hydrogen-bond acceptors (Lipinski definition) is 3. The molecule has 16 heavy (non-hydrogen) atoms. The second kappa shape index (κ2) is 3.92. The molecule has 1 aromatic rings. The molecule has 0 saturated heterocycles. The number of nitrogens with zero attached hydrogens (tertiary/aromatic N) is 1. The first-order chi connectivity index (χ1) is 7.58. The lowest BCUT2D eigenvalue weighted by Crippen LogP contribution is -2.14. The van der Waals surface area contributed by atoms with Gasteiger partial charge in [-0.3, -0.25) is 14.9 Å². The van der Waals surface area contributed by atoms with Gasteiger partial charge in [-0.2, -0.15) is 0 Å². The lowest BCUT2D eigenvalue weighted by molar-refractivity contribution is -0.384. The lowest BCUT2D eigenvalue weighted by atomic mass is 10.2. The minimum Gasteiger partial charge on any atom is -0.326 e. The number of hydrogen-bond donors (Lipinski definition) is 1. The van der Waals surface area contributed by atoms with E-state index in [1.54, 1.807) is 12.1 Å². The standard InChI is InChI=1S/C11H12N2O3/c1-7-6-10(7)11(14)12-8-2-4-9(5-3-8)13(15)16/h2-5,7,10H,6H2,1H3,(H,12,14). The number of nitro groups is 1. The number of non-ortho nitro benzene ring substituents is 1. The Morgan fingerprint density at radius 3 is 2.44 bits per heavy atom. The fraction of sp³-hybridized carbons (Fsp3) is 0.364. The maximum absolute atomic E-state index is 11.6. The summed E-state index contributed by atoms with van der Waals surface area (Å²) in [5, 5.41) is 13.2. The Bertz CT molecular complexity index is 427. The number of benzene rings is 1. The maximum atomic E-state index is 11.6. The largest absolute Gasteiger partial charge is 0.326 e. The van der Waals surface area contributed by atoms with E-state index in [2.05, 4.69) is 5.32 Å². The molecule has 5 heteroatoms. The van der Waals surface area contributed by atoms with Gasteiger partial charge in [-0.05, 0) is 24.5 Å². The molecule has 0 bridgehead atoms. The molecule has 2 unspecified atom stereocenters. The van der Waals surface area contributed by atoms with E-state index in [-0.39, 0.29) is 17.5 Å². The van der Waals surface area contributed by atoms with Crippen molar-refractivity contribution in [3.8, 4) is 0 Å². The number of amides is 1. The summed E-state index contributed by atoms with van der Waals surface area (Å²) in [6.45, 7) is 2.03. The Hall–Kier alpha value is -1.91. The number of nitro benzene ring substituents is 1. The van der Waals surface area contributed by atoms with Gasteiger partial charge in [0, 0.05) is 23.7 Å². The quantitative estimate of drug-likeness (QED) is 0.626. The first-order valence-electron chi connectivity index (χ1n) is 5.13. The highest BCUT2D eigenvalue weighted by Gasteiger charge is 2.39. The molecule has 0 radical (unpaired) electrons. The highest BCUT2D eigenvalue weighted by Crippen LogP contribution is 2.38. The van der Waals surface area contributed by atoms with Crippen LogP contribution in [0.1, 0.15) is 13.3 Å². The fourth-order valence-corrected chi connectivity index (χ4v) is 1.59. The molecule has 1 N–H and O–H groups in total. The predicted molar refractivity (Wildman–Crippen MR) is 59.0 cm³/mol. The number of carbonyl (C=O) groups is 1. The van der Waals surface area contributed by atoms with Crippen LogP contribution in [0.25, 0.3) is 0 Å². The SMILES string of the molecule is CC1CC1C(=O)Nc1ccc([N+](=O)[O-])cc1. The van der Waals surface area contributed by atoms with Crippen molar-refractivity contribution in [2.45, 2.75) is 13.3 Å². The Kier molecular flexibility index (Phi) is 2.60. The van der Waals surface area contributed by atoms with Gasteiger partial charge in [0.2, 0.25) is 5.91 Å². The van der Waals surface area contributed by atoms with Crippen molar-refractivity contribution in [3.63, 3.8) is 0 Å². The van der Waals surface area contributed by atoms with Gasteiger partial charge >= 0.3 is 0 Å². The summed E-state index contributed by atoms with van der Waals surface area (Å²) in [7, 11) is 0. The second-order valence-corrected chi connectivity index (χ2v) is 4.11. The van der Waals surface area contributed by atoms with Crippen LogP contribution >= 0.6 is 0 Å². The highest BCUT2D eigenvalue weighted by atomic mass is 16.6. The van der Waals surface area contributed by atoms with E-state index in [4.69, 9.17) is 0 Å². The van der Waals surface area contributed by atoms with E-state index in [9.17, 15) is 14.9 Å². The molecule has 1 aromatic carbocycles. The van der Waals surface area contributed by atoms with Crippen LogP contribution in [0, 0.1) is 22.0 Å². The van der Waals surface area contributed by atoms with E-state index in [1.165, 1.54) is 12.1 Å². The van der Waals surface area contributed by atoms with Crippen molar-refractivity contribution in [1.82, 2.24) is 0 Å². The molecule has 1 fully saturated rings. The summed E-state index contributed by atoms with van der Waals surface area (Å²) in [5.74, 6) is 0.564. The van der Waals surface area contributed by atoms with E-state index < -0.39 is 4.92 Å². The van der Waals surface area contributed by atoms with Crippen LogP contribution in [0.5, 0.6) is 0 Å². The zero-order valence-electron chi connectivity index (χ0n) is 8.84. The molecular weight excluding hydrogens is 208 g/mol. The number of anilines is 1. The smallest absolute Gasteiger partial charge is 0.269 e. The zero-order chi connectivity index (χ0) is 11.7. The van der Waals surface area contributed by atoms with Crippen LogP contribution in [0.3, 0.4) is 0 Å². The molecule has 0 spiro atoms. The molecule has 84 valence electrons. The van der Waals surface area contributed by atoms with Crippen LogP contribution in [0.15, 0.2) is 24.3 Å². The summed E-state index contributed by atoms with van der Waals surface area (Å²) in [6.07, 6.45) is 0.929. The third kappa shape index (κ3) is 2.18. The average molecular weight is 220 g/mol. The van der Waals surface area contributed by atoms with Gasteiger partial charge in [-0.1, -0.05) is 6.92 Å². The number of nitrogens with one attached hydrogen (secondary N) is 1. The Morgan fingerprint density at radius 2 is 2.00 bits per heavy atom. The van der Waals surface area contributed by atoms with Gasteiger partial charge < -0.3 is 5.32 Å². The van der Waals surface area contributed by atoms with Crippen molar-refractivity contribution in [3.05, 3.63) is 34.4 Å². The zero-order valence-corrected chi connectivity index (χ0v) is 8.84. The molecule has 2 atom stereocenters. The molecule has 1 saturated carbocycles. The molecule has 1 aliphatic carbocycles. The summed E-state index contributed by atoms with van der Waals surface area (Å²) in [4.78, 5) is 21.5. The first kappa shape index (κ1) is 10.6. The summed E-state index contributed by atoms with van der Waals surface area (Å²) < 4.78 is 0. The van der Waals surface area contributed by atoms with Gasteiger partial charge in [0.15, 0.2) is 0 Å². The van der Waals surface area contributed by atoms with Crippen LogP contribution in [-0.4, -0.2) is 10.8 Å². The Morgan fingerprint density at radius 1 is 1.44 bits per heavy atom. The highest BCUT2D eigenvalue weighted by molar-refractivity contribution is 5.94. The number of rotatable bonds is 3. The molecule has 5 nitrogen and oxygen atoms in total. The normalized spacial score (nSPS) is 22.6. The van der Waals surface area contributed by atoms with E-state index in [1.807, 2.05) is 6.92 Å². The van der Waals surface area contributed by atoms with Gasteiger partial charge in [-0.25, -0.2) is 0 Å². The van der Waals surface area contributed by atoms with Gasteiger partial charge in [0.05, 0.1) is 4.92 Å². The van der Waals surface area contributed by atoms with Gasteiger partial charge in [0.25, 0.3) is 5.69 Å². The maximum Gasteiger partial charge on any atom is 0.269 e. The van der Waals surface area contributed by atoms with Crippen LogP contribution in [0.4, 0.5) is 11.4 Å². The topological polar surface area (TPSA) is 72.2 Å². The van der Waals surface area contributed by atoms with Crippen molar-refractivity contribution >= 4 is 17.3 Å². The lowest BCUT2D eigenvalue weighted by Gasteiger charge is -2.03. The summed E-state index contributed by atoms with van der Waals surface area (Å²) in [6, 6.07) is 5.85. The minimum atomic E-state index is -0.464. The molecule has 1 amide bonds. The van der Waals surface area contributed by atoms with Gasteiger partial charge in [-0.15, -0.1) is 0 Å².